The number of rotatable bonds is 8. The van der Waals surface area contributed by atoms with E-state index in [1.54, 1.807) is 6.26 Å². The van der Waals surface area contributed by atoms with Crippen LogP contribution in [0.4, 0.5) is 0 Å². The Kier molecular flexibility index (Phi) is 9.38. The van der Waals surface area contributed by atoms with E-state index < -0.39 is 0 Å². The third-order valence-electron chi connectivity index (χ3n) is 4.71. The number of halogens is 1. The van der Waals surface area contributed by atoms with Gasteiger partial charge < -0.3 is 19.6 Å². The van der Waals surface area contributed by atoms with Crippen molar-refractivity contribution in [3.63, 3.8) is 0 Å². The highest BCUT2D eigenvalue weighted by Crippen LogP contribution is 2.19. The average molecular weight is 522 g/mol. The molecule has 8 heteroatoms. The van der Waals surface area contributed by atoms with E-state index in [-0.39, 0.29) is 30.0 Å². The molecule has 0 aliphatic rings. The largest absolute Gasteiger partial charge is 0.468 e. The lowest BCUT2D eigenvalue weighted by Crippen LogP contribution is -2.39. The highest BCUT2D eigenvalue weighted by atomic mass is 127. The molecule has 1 aromatic carbocycles. The van der Waals surface area contributed by atoms with Crippen LogP contribution < -0.4 is 5.32 Å². The Labute approximate surface area is 195 Å². The Morgan fingerprint density at radius 1 is 1.17 bits per heavy atom. The lowest BCUT2D eigenvalue weighted by Gasteiger charge is -2.24. The molecule has 30 heavy (non-hydrogen) atoms. The summed E-state index contributed by atoms with van der Waals surface area (Å²) in [5, 5.41) is 3.37. The van der Waals surface area contributed by atoms with Gasteiger partial charge in [-0.05, 0) is 38.7 Å². The first-order valence-corrected chi connectivity index (χ1v) is 9.87. The summed E-state index contributed by atoms with van der Waals surface area (Å²) >= 11 is 0. The molecule has 2 heterocycles. The van der Waals surface area contributed by atoms with Crippen molar-refractivity contribution in [3.8, 4) is 11.3 Å². The number of aromatic nitrogens is 2. The van der Waals surface area contributed by atoms with E-state index in [0.29, 0.717) is 13.1 Å². The molecular weight excluding hydrogens is 491 g/mol. The van der Waals surface area contributed by atoms with E-state index in [2.05, 4.69) is 44.1 Å². The number of hydrogen-bond donors (Lipinski definition) is 2. The van der Waals surface area contributed by atoms with Crippen LogP contribution >= 0.6 is 24.0 Å². The molecule has 1 unspecified atom stereocenters. The smallest absolute Gasteiger partial charge is 0.194 e. The van der Waals surface area contributed by atoms with Crippen molar-refractivity contribution in [1.29, 1.82) is 0 Å². The fraction of sp³-hybridized carbons (Fsp3) is 0.364. The summed E-state index contributed by atoms with van der Waals surface area (Å²) in [5.74, 6) is 2.64. The van der Waals surface area contributed by atoms with Crippen LogP contribution in [0.25, 0.3) is 11.3 Å². The molecule has 0 fully saturated rings. The lowest BCUT2D eigenvalue weighted by molar-refractivity contribution is 0.264. The molecule has 2 N–H and O–H groups in total. The van der Waals surface area contributed by atoms with Gasteiger partial charge in [0.2, 0.25) is 0 Å². The number of guanidine groups is 1. The van der Waals surface area contributed by atoms with Crippen molar-refractivity contribution >= 4 is 29.9 Å². The molecule has 0 saturated carbocycles. The first-order valence-electron chi connectivity index (χ1n) is 9.87. The highest BCUT2D eigenvalue weighted by Gasteiger charge is 2.18. The van der Waals surface area contributed by atoms with Crippen LogP contribution in [-0.4, -0.2) is 60.0 Å². The fourth-order valence-electron chi connectivity index (χ4n) is 3.14. The maximum absolute atomic E-state index is 5.59. The maximum Gasteiger partial charge on any atom is 0.194 e. The van der Waals surface area contributed by atoms with Gasteiger partial charge in [0.1, 0.15) is 11.6 Å². The quantitative estimate of drug-likeness (QED) is 0.266. The van der Waals surface area contributed by atoms with Crippen molar-refractivity contribution in [3.05, 3.63) is 66.5 Å². The first kappa shape index (κ1) is 23.9. The van der Waals surface area contributed by atoms with Crippen molar-refractivity contribution < 1.29 is 4.42 Å². The van der Waals surface area contributed by atoms with E-state index in [4.69, 9.17) is 9.41 Å². The van der Waals surface area contributed by atoms with Crippen molar-refractivity contribution in [2.75, 3.05) is 34.2 Å². The molecule has 1 atom stereocenters. The van der Waals surface area contributed by atoms with Gasteiger partial charge in [0.25, 0.3) is 0 Å². The van der Waals surface area contributed by atoms with Crippen LogP contribution in [0.1, 0.15) is 24.6 Å². The molecule has 2 aromatic heterocycles. The van der Waals surface area contributed by atoms with Gasteiger partial charge in [0.15, 0.2) is 5.96 Å². The number of nitrogens with zero attached hydrogens (tertiary/aromatic N) is 4. The number of furan rings is 1. The first-order chi connectivity index (χ1) is 14.1. The summed E-state index contributed by atoms with van der Waals surface area (Å²) in [4.78, 5) is 17.0. The minimum absolute atomic E-state index is 0. The molecule has 162 valence electrons. The molecule has 0 aliphatic heterocycles. The van der Waals surface area contributed by atoms with E-state index in [9.17, 15) is 0 Å². The van der Waals surface area contributed by atoms with Gasteiger partial charge >= 0.3 is 0 Å². The Hall–Kier alpha value is -2.33. The summed E-state index contributed by atoms with van der Waals surface area (Å²) < 4.78 is 5.59. The zero-order valence-electron chi connectivity index (χ0n) is 18.0. The van der Waals surface area contributed by atoms with Crippen LogP contribution in [0.5, 0.6) is 0 Å². The van der Waals surface area contributed by atoms with Gasteiger partial charge in [0, 0.05) is 13.6 Å². The number of likely N-dealkylation sites (N-methyl/N-ethyl adjacent to an activating group) is 1. The Morgan fingerprint density at radius 3 is 2.57 bits per heavy atom. The SMILES string of the molecule is CCNC(=NCC(c1ccco1)N(C)C)N(C)Cc1ncc(-c2ccccc2)[nH]1.I. The summed E-state index contributed by atoms with van der Waals surface area (Å²) in [6.45, 7) is 4.09. The van der Waals surface area contributed by atoms with E-state index in [0.717, 1.165) is 35.3 Å². The Balaban J connectivity index is 0.00000320. The zero-order valence-corrected chi connectivity index (χ0v) is 20.3. The molecule has 0 radical (unpaired) electrons. The second-order valence-corrected chi connectivity index (χ2v) is 7.16. The summed E-state index contributed by atoms with van der Waals surface area (Å²) in [6.07, 6.45) is 3.58. The second-order valence-electron chi connectivity index (χ2n) is 7.16. The highest BCUT2D eigenvalue weighted by molar-refractivity contribution is 14.0. The third-order valence-corrected chi connectivity index (χ3v) is 4.71. The Morgan fingerprint density at radius 2 is 1.93 bits per heavy atom. The molecule has 0 aliphatic carbocycles. The van der Waals surface area contributed by atoms with Gasteiger partial charge in [-0.15, -0.1) is 24.0 Å². The van der Waals surface area contributed by atoms with Gasteiger partial charge in [-0.25, -0.2) is 4.98 Å². The number of aromatic amines is 1. The number of imidazole rings is 1. The monoisotopic (exact) mass is 522 g/mol. The van der Waals surface area contributed by atoms with Gasteiger partial charge in [0.05, 0.1) is 37.3 Å². The zero-order chi connectivity index (χ0) is 20.6. The van der Waals surface area contributed by atoms with E-state index >= 15 is 0 Å². The molecule has 3 aromatic rings. The van der Waals surface area contributed by atoms with Gasteiger partial charge in [-0.2, -0.15) is 0 Å². The van der Waals surface area contributed by atoms with Crippen LogP contribution in [0, 0.1) is 0 Å². The normalized spacial score (nSPS) is 12.5. The van der Waals surface area contributed by atoms with E-state index in [1.807, 2.05) is 57.7 Å². The minimum Gasteiger partial charge on any atom is -0.468 e. The molecule has 0 spiro atoms. The predicted molar refractivity (Wildman–Crippen MR) is 132 cm³/mol. The van der Waals surface area contributed by atoms with Gasteiger partial charge in [-0.1, -0.05) is 30.3 Å². The fourth-order valence-corrected chi connectivity index (χ4v) is 3.14. The van der Waals surface area contributed by atoms with Gasteiger partial charge in [-0.3, -0.25) is 9.89 Å². The summed E-state index contributed by atoms with van der Waals surface area (Å²) in [6, 6.07) is 14.2. The van der Waals surface area contributed by atoms with Crippen molar-refractivity contribution in [2.24, 2.45) is 4.99 Å². The number of aliphatic imine (C=N–C) groups is 1. The van der Waals surface area contributed by atoms with Crippen LogP contribution in [0.15, 0.2) is 64.3 Å². The third kappa shape index (κ3) is 6.33. The minimum atomic E-state index is 0. The van der Waals surface area contributed by atoms with Crippen LogP contribution in [0.3, 0.4) is 0 Å². The Bertz CT molecular complexity index is 892. The lowest BCUT2D eigenvalue weighted by atomic mass is 10.2. The summed E-state index contributed by atoms with van der Waals surface area (Å²) in [5.41, 5.74) is 2.14. The van der Waals surface area contributed by atoms with Crippen LogP contribution in [0.2, 0.25) is 0 Å². The molecule has 0 amide bonds. The molecule has 0 saturated heterocycles. The van der Waals surface area contributed by atoms with Crippen molar-refractivity contribution in [1.82, 2.24) is 25.1 Å². The topological polar surface area (TPSA) is 72.7 Å². The average Bonchev–Trinajstić information content (AvgIpc) is 3.40. The molecule has 7 nitrogen and oxygen atoms in total. The van der Waals surface area contributed by atoms with Crippen LogP contribution in [-0.2, 0) is 6.54 Å². The molecule has 0 bridgehead atoms. The number of benzene rings is 1. The molecule has 3 rings (SSSR count). The second kappa shape index (κ2) is 11.8. The molecular formula is C22H31IN6O. The number of nitrogens with one attached hydrogen (secondary N) is 2. The maximum atomic E-state index is 5.59. The summed E-state index contributed by atoms with van der Waals surface area (Å²) in [7, 11) is 6.09. The van der Waals surface area contributed by atoms with E-state index in [1.165, 1.54) is 0 Å². The number of H-pyrrole nitrogens is 1. The standard InChI is InChI=1S/C22H30N6O.HI/c1-5-23-22(25-15-19(27(2)3)20-12-9-13-29-20)28(4)16-21-24-14-18(26-21)17-10-7-6-8-11-17;/h6-14,19H,5,15-16H2,1-4H3,(H,23,25)(H,24,26);1H. The number of hydrogen-bond acceptors (Lipinski definition) is 4. The predicted octanol–water partition coefficient (Wildman–Crippen LogP) is 3.99. The van der Waals surface area contributed by atoms with Crippen molar-refractivity contribution in [2.45, 2.75) is 19.5 Å².